The van der Waals surface area contributed by atoms with Gasteiger partial charge in [0.1, 0.15) is 0 Å². The van der Waals surface area contributed by atoms with Gasteiger partial charge in [-0.3, -0.25) is 0 Å². The highest BCUT2D eigenvalue weighted by Gasteiger charge is 2.36. The lowest BCUT2D eigenvalue weighted by atomic mass is 9.73. The van der Waals surface area contributed by atoms with Crippen LogP contribution in [0.2, 0.25) is 0 Å². The molecule has 0 unspecified atom stereocenters. The Hall–Kier alpha value is -3.57. The molecule has 4 aromatic rings. The van der Waals surface area contributed by atoms with Gasteiger partial charge in [0.15, 0.2) is 0 Å². The minimum absolute atomic E-state index is 0.137. The fraction of sp³-hybridized carbons (Fsp3) is 0.111. The third-order valence-corrected chi connectivity index (χ3v) is 8.02. The number of nitrogens with two attached hydrogens (primary N) is 1. The van der Waals surface area contributed by atoms with E-state index in [-0.39, 0.29) is 15.2 Å². The normalized spacial score (nSPS) is 14.5. The van der Waals surface area contributed by atoms with Crippen molar-refractivity contribution in [3.8, 4) is 0 Å². The van der Waals surface area contributed by atoms with Gasteiger partial charge in [0.25, 0.3) is 0 Å². The van der Waals surface area contributed by atoms with E-state index in [2.05, 4.69) is 55.1 Å². The van der Waals surface area contributed by atoms with E-state index in [1.165, 1.54) is 23.3 Å². The number of anilines is 4. The summed E-state index contributed by atoms with van der Waals surface area (Å²) in [6, 6.07) is 30.1. The van der Waals surface area contributed by atoms with Gasteiger partial charge in [-0.1, -0.05) is 50.2 Å². The molecule has 2 N–H and O–H groups in total. The van der Waals surface area contributed by atoms with E-state index in [1.807, 2.05) is 24.3 Å². The molecule has 0 saturated carbocycles. The van der Waals surface area contributed by atoms with Gasteiger partial charge in [0.2, 0.25) is 9.84 Å². The van der Waals surface area contributed by atoms with Crippen molar-refractivity contribution in [1.82, 2.24) is 0 Å². The maximum absolute atomic E-state index is 13.1. The van der Waals surface area contributed by atoms with Crippen LogP contribution in [0, 0.1) is 0 Å². The summed E-state index contributed by atoms with van der Waals surface area (Å²) >= 11 is 0. The van der Waals surface area contributed by atoms with Crippen molar-refractivity contribution in [2.45, 2.75) is 29.1 Å². The van der Waals surface area contributed by atoms with Gasteiger partial charge in [-0.05, 0) is 71.8 Å². The van der Waals surface area contributed by atoms with E-state index >= 15 is 0 Å². The molecular weight excluding hydrogens is 416 g/mol. The van der Waals surface area contributed by atoms with E-state index in [1.54, 1.807) is 24.3 Å². The zero-order valence-corrected chi connectivity index (χ0v) is 18.8. The van der Waals surface area contributed by atoms with Crippen LogP contribution in [0.3, 0.4) is 0 Å². The van der Waals surface area contributed by atoms with Gasteiger partial charge in [0.05, 0.1) is 21.2 Å². The largest absolute Gasteiger partial charge is 0.399 e. The van der Waals surface area contributed by atoms with Crippen molar-refractivity contribution in [1.29, 1.82) is 0 Å². The minimum atomic E-state index is -3.62. The molecule has 4 aromatic carbocycles. The average Bonchev–Trinajstić information content (AvgIpc) is 2.80. The number of fused-ring (bicyclic) bond motifs is 2. The van der Waals surface area contributed by atoms with Crippen LogP contribution in [0.15, 0.2) is 107 Å². The summed E-state index contributed by atoms with van der Waals surface area (Å²) in [5.74, 6) is 0. The van der Waals surface area contributed by atoms with E-state index in [9.17, 15) is 8.42 Å². The smallest absolute Gasteiger partial charge is 0.206 e. The number of benzene rings is 4. The third-order valence-electron chi connectivity index (χ3n) is 6.23. The first kappa shape index (κ1) is 20.3. The second-order valence-electron chi connectivity index (χ2n) is 8.56. The van der Waals surface area contributed by atoms with E-state index < -0.39 is 9.84 Å². The molecule has 0 saturated heterocycles. The van der Waals surface area contributed by atoms with Gasteiger partial charge in [-0.15, -0.1) is 0 Å². The summed E-state index contributed by atoms with van der Waals surface area (Å²) in [5.41, 5.74) is 11.7. The predicted molar refractivity (Wildman–Crippen MR) is 130 cm³/mol. The molecule has 1 aliphatic rings. The van der Waals surface area contributed by atoms with E-state index in [0.717, 1.165) is 17.1 Å². The number of hydrogen-bond acceptors (Lipinski definition) is 4. The van der Waals surface area contributed by atoms with Crippen molar-refractivity contribution in [3.05, 3.63) is 108 Å². The molecule has 4 nitrogen and oxygen atoms in total. The molecule has 1 heterocycles. The second kappa shape index (κ2) is 7.24. The lowest BCUT2D eigenvalue weighted by Gasteiger charge is -2.42. The van der Waals surface area contributed by atoms with Crippen LogP contribution < -0.4 is 10.6 Å². The Morgan fingerprint density at radius 1 is 0.656 bits per heavy atom. The molecule has 0 spiro atoms. The summed E-state index contributed by atoms with van der Waals surface area (Å²) in [6.45, 7) is 4.48. The Labute approximate surface area is 188 Å². The second-order valence-corrected chi connectivity index (χ2v) is 10.5. The van der Waals surface area contributed by atoms with Crippen LogP contribution in [0.4, 0.5) is 22.7 Å². The van der Waals surface area contributed by atoms with Crippen molar-refractivity contribution in [3.63, 3.8) is 0 Å². The van der Waals surface area contributed by atoms with Gasteiger partial charge in [-0.25, -0.2) is 8.42 Å². The number of para-hydroxylation sites is 2. The Balaban J connectivity index is 1.62. The predicted octanol–water partition coefficient (Wildman–Crippen LogP) is 6.21. The lowest BCUT2D eigenvalue weighted by Crippen LogP contribution is -2.30. The highest BCUT2D eigenvalue weighted by Crippen LogP contribution is 2.51. The SMILES string of the molecule is CC1(C)c2ccccc2N(c2ccc(S(=O)(=O)c3ccc(N)cc3)cc2)c2ccccc21. The summed E-state index contributed by atoms with van der Waals surface area (Å²) < 4.78 is 26.1. The van der Waals surface area contributed by atoms with E-state index in [0.29, 0.717) is 5.69 Å². The van der Waals surface area contributed by atoms with E-state index in [4.69, 9.17) is 5.73 Å². The summed E-state index contributed by atoms with van der Waals surface area (Å²) in [6.07, 6.45) is 0. The van der Waals surface area contributed by atoms with Gasteiger partial charge in [0, 0.05) is 16.8 Å². The first-order valence-electron chi connectivity index (χ1n) is 10.5. The molecule has 0 aromatic heterocycles. The quantitative estimate of drug-likeness (QED) is 0.385. The fourth-order valence-corrected chi connectivity index (χ4v) is 5.77. The number of sulfone groups is 1. The standard InChI is InChI=1S/C27H24N2O2S/c1-27(2)23-7-3-5-9-25(23)29(26-10-6-4-8-24(26)27)20-13-17-22(18-14-20)32(30,31)21-15-11-19(28)12-16-21/h3-18H,28H2,1-2H3. The molecule has 1 aliphatic heterocycles. The van der Waals surface area contributed by atoms with Crippen molar-refractivity contribution in [2.75, 3.05) is 10.6 Å². The molecule has 0 bridgehead atoms. The molecule has 160 valence electrons. The molecule has 0 amide bonds. The number of hydrogen-bond donors (Lipinski definition) is 1. The maximum Gasteiger partial charge on any atom is 0.206 e. The first-order valence-corrected chi connectivity index (χ1v) is 12.0. The van der Waals surface area contributed by atoms with Crippen LogP contribution >= 0.6 is 0 Å². The molecule has 0 fully saturated rings. The van der Waals surface area contributed by atoms with Crippen LogP contribution in [0.25, 0.3) is 0 Å². The molecular formula is C27H24N2O2S. The van der Waals surface area contributed by atoms with Crippen molar-refractivity contribution < 1.29 is 8.42 Å². The Morgan fingerprint density at radius 2 is 1.09 bits per heavy atom. The fourth-order valence-electron chi connectivity index (χ4n) is 4.50. The topological polar surface area (TPSA) is 63.4 Å². The average molecular weight is 441 g/mol. The van der Waals surface area contributed by atoms with Crippen LogP contribution in [-0.2, 0) is 15.3 Å². The van der Waals surface area contributed by atoms with Crippen LogP contribution in [0.5, 0.6) is 0 Å². The molecule has 5 rings (SSSR count). The van der Waals surface area contributed by atoms with Gasteiger partial charge < -0.3 is 10.6 Å². The number of nitrogens with zero attached hydrogens (tertiary/aromatic N) is 1. The number of nitrogen functional groups attached to an aromatic ring is 1. The van der Waals surface area contributed by atoms with Gasteiger partial charge in [-0.2, -0.15) is 0 Å². The Bertz CT molecular complexity index is 1360. The van der Waals surface area contributed by atoms with Crippen molar-refractivity contribution in [2.24, 2.45) is 0 Å². The molecule has 0 radical (unpaired) electrons. The highest BCUT2D eigenvalue weighted by molar-refractivity contribution is 7.91. The molecule has 0 atom stereocenters. The molecule has 32 heavy (non-hydrogen) atoms. The minimum Gasteiger partial charge on any atom is -0.399 e. The number of rotatable bonds is 3. The zero-order chi connectivity index (χ0) is 22.5. The molecule has 0 aliphatic carbocycles. The zero-order valence-electron chi connectivity index (χ0n) is 18.0. The Morgan fingerprint density at radius 3 is 1.59 bits per heavy atom. The third kappa shape index (κ3) is 3.09. The van der Waals surface area contributed by atoms with Crippen LogP contribution in [0.1, 0.15) is 25.0 Å². The summed E-state index contributed by atoms with van der Waals surface area (Å²) in [4.78, 5) is 2.69. The highest BCUT2D eigenvalue weighted by atomic mass is 32.2. The van der Waals surface area contributed by atoms with Gasteiger partial charge >= 0.3 is 0 Å². The summed E-state index contributed by atoms with van der Waals surface area (Å²) in [7, 11) is -3.62. The first-order chi connectivity index (χ1) is 15.3. The Kier molecular flexibility index (Phi) is 4.60. The van der Waals surface area contributed by atoms with Crippen molar-refractivity contribution >= 4 is 32.6 Å². The lowest BCUT2D eigenvalue weighted by molar-refractivity contribution is 0.596. The molecule has 5 heteroatoms. The van der Waals surface area contributed by atoms with Crippen LogP contribution in [-0.4, -0.2) is 8.42 Å². The maximum atomic E-state index is 13.1. The summed E-state index contributed by atoms with van der Waals surface area (Å²) in [5, 5.41) is 0. The monoisotopic (exact) mass is 440 g/mol.